The van der Waals surface area contributed by atoms with E-state index in [2.05, 4.69) is 57.6 Å². The molecule has 0 bridgehead atoms. The van der Waals surface area contributed by atoms with Crippen LogP contribution in [0.5, 0.6) is 0 Å². The van der Waals surface area contributed by atoms with Crippen LogP contribution in [0.15, 0.2) is 36.3 Å². The summed E-state index contributed by atoms with van der Waals surface area (Å²) in [5.74, 6) is -0.0393. The monoisotopic (exact) mass is 433 g/mol. The molecule has 27 heavy (non-hydrogen) atoms. The lowest BCUT2D eigenvalue weighted by molar-refractivity contribution is -0.122. The van der Waals surface area contributed by atoms with Gasteiger partial charge in [0.05, 0.1) is 13.6 Å². The first-order valence-electron chi connectivity index (χ1n) is 8.55. The second-order valence-corrected chi connectivity index (χ2v) is 15.8. The van der Waals surface area contributed by atoms with Crippen molar-refractivity contribution in [3.05, 3.63) is 50.9 Å². The van der Waals surface area contributed by atoms with Gasteiger partial charge in [0.15, 0.2) is 0 Å². The lowest BCUT2D eigenvalue weighted by atomic mass is 10.1. The first-order chi connectivity index (χ1) is 12.5. The summed E-state index contributed by atoms with van der Waals surface area (Å²) in [6, 6.07) is 6.40. The average Bonchev–Trinajstić information content (AvgIpc) is 3.20. The zero-order valence-corrected chi connectivity index (χ0v) is 20.4. The van der Waals surface area contributed by atoms with Crippen LogP contribution in [0.4, 0.5) is 0 Å². The standard InChI is InChI=1S/C21H27NOS3Si/c1-13-16(20(14(2)24-6)21(23)22(4)5)12-19(25-13)18-11-10-17(26-18)15(3)27(7,8)9/h10-12H,1-3H2,4-9H3/b20-16+. The molecule has 2 heterocycles. The summed E-state index contributed by atoms with van der Waals surface area (Å²) >= 11 is 4.88. The number of thiophene rings is 2. The molecule has 2 rings (SSSR count). The molecule has 0 unspecified atom stereocenters. The molecule has 6 heteroatoms. The van der Waals surface area contributed by atoms with Crippen molar-refractivity contribution < 1.29 is 4.79 Å². The third-order valence-electron chi connectivity index (χ3n) is 4.28. The molecule has 0 N–H and O–H groups in total. The van der Waals surface area contributed by atoms with Gasteiger partial charge in [-0.05, 0) is 24.5 Å². The number of hydrogen-bond acceptors (Lipinski definition) is 4. The highest BCUT2D eigenvalue weighted by atomic mass is 32.2. The molecule has 2 aromatic heterocycles. The number of thioether (sulfide) groups is 1. The molecule has 2 aromatic rings. The van der Waals surface area contributed by atoms with Crippen LogP contribution in [0.3, 0.4) is 0 Å². The maximum Gasteiger partial charge on any atom is 0.255 e. The Kier molecular flexibility index (Phi) is 6.79. The minimum Gasteiger partial charge on any atom is -0.345 e. The Bertz CT molecular complexity index is 1010. The molecule has 2 nitrogen and oxygen atoms in total. The molecule has 144 valence electrons. The Hall–Kier alpha value is -1.34. The fourth-order valence-corrected chi connectivity index (χ4v) is 6.69. The molecule has 0 fully saturated rings. The van der Waals surface area contributed by atoms with Crippen LogP contribution in [0.1, 0.15) is 4.88 Å². The van der Waals surface area contributed by atoms with Crippen LogP contribution in [0.25, 0.3) is 27.1 Å². The van der Waals surface area contributed by atoms with Crippen molar-refractivity contribution >= 4 is 65.8 Å². The second kappa shape index (κ2) is 8.35. The molecule has 0 spiro atoms. The van der Waals surface area contributed by atoms with Crippen molar-refractivity contribution in [2.75, 3.05) is 20.4 Å². The van der Waals surface area contributed by atoms with Gasteiger partial charge in [0.25, 0.3) is 5.91 Å². The summed E-state index contributed by atoms with van der Waals surface area (Å²) in [6.07, 6.45) is 1.94. The Morgan fingerprint density at radius 1 is 1.11 bits per heavy atom. The smallest absolute Gasteiger partial charge is 0.255 e. The fourth-order valence-electron chi connectivity index (χ4n) is 2.47. The summed E-state index contributed by atoms with van der Waals surface area (Å²) in [6.45, 7) is 19.5. The van der Waals surface area contributed by atoms with Gasteiger partial charge in [0, 0.05) is 43.4 Å². The molecule has 0 saturated carbocycles. The fraction of sp³-hybridized carbons (Fsp3) is 0.286. The van der Waals surface area contributed by atoms with Crippen LogP contribution >= 0.6 is 34.4 Å². The quantitative estimate of drug-likeness (QED) is 0.604. The first kappa shape index (κ1) is 22.0. The van der Waals surface area contributed by atoms with Gasteiger partial charge in [-0.1, -0.05) is 44.6 Å². The maximum absolute atomic E-state index is 12.7. The van der Waals surface area contributed by atoms with Crippen LogP contribution in [-0.2, 0) is 4.79 Å². The van der Waals surface area contributed by atoms with Crippen molar-refractivity contribution in [1.29, 1.82) is 0 Å². The largest absolute Gasteiger partial charge is 0.345 e. The third-order valence-corrected chi connectivity index (χ3v) is 9.56. The molecule has 0 aliphatic rings. The van der Waals surface area contributed by atoms with E-state index < -0.39 is 8.07 Å². The summed E-state index contributed by atoms with van der Waals surface area (Å²) in [5, 5.41) is 2.16. The number of nitrogens with zero attached hydrogens (tertiary/aromatic N) is 1. The lowest BCUT2D eigenvalue weighted by Crippen LogP contribution is -2.31. The van der Waals surface area contributed by atoms with Gasteiger partial charge in [-0.15, -0.1) is 34.4 Å². The second-order valence-electron chi connectivity index (χ2n) is 7.54. The van der Waals surface area contributed by atoms with Gasteiger partial charge < -0.3 is 4.90 Å². The van der Waals surface area contributed by atoms with E-state index in [0.29, 0.717) is 5.57 Å². The van der Waals surface area contributed by atoms with Crippen molar-refractivity contribution in [3.63, 3.8) is 0 Å². The van der Waals surface area contributed by atoms with Crippen molar-refractivity contribution in [2.24, 2.45) is 0 Å². The van der Waals surface area contributed by atoms with E-state index in [-0.39, 0.29) is 5.91 Å². The SMILES string of the molecule is C=C(SC)/C(C(=O)N(C)C)=c1/cc(-c2ccc(C(=C)[Si](C)(C)C)s2)sc1=C. The third kappa shape index (κ3) is 4.74. The predicted molar refractivity (Wildman–Crippen MR) is 130 cm³/mol. The zero-order valence-electron chi connectivity index (χ0n) is 16.9. The van der Waals surface area contributed by atoms with Crippen LogP contribution in [-0.4, -0.2) is 39.2 Å². The Labute approximate surface area is 175 Å². The minimum absolute atomic E-state index is 0.0393. The summed E-state index contributed by atoms with van der Waals surface area (Å²) in [7, 11) is 2.11. The van der Waals surface area contributed by atoms with E-state index in [1.165, 1.54) is 26.7 Å². The molecular weight excluding hydrogens is 407 g/mol. The summed E-state index contributed by atoms with van der Waals surface area (Å²) in [4.78, 5) is 18.7. The lowest BCUT2D eigenvalue weighted by Gasteiger charge is -2.17. The molecule has 0 radical (unpaired) electrons. The molecule has 0 aromatic carbocycles. The Morgan fingerprint density at radius 2 is 1.74 bits per heavy atom. The minimum atomic E-state index is -1.42. The van der Waals surface area contributed by atoms with E-state index in [9.17, 15) is 4.79 Å². The highest BCUT2D eigenvalue weighted by Crippen LogP contribution is 2.35. The van der Waals surface area contributed by atoms with Crippen molar-refractivity contribution in [3.8, 4) is 9.75 Å². The molecule has 1 amide bonds. The predicted octanol–water partition coefficient (Wildman–Crippen LogP) is 4.89. The molecule has 0 aliphatic heterocycles. The van der Waals surface area contributed by atoms with E-state index in [1.807, 2.05) is 6.26 Å². The molecule has 0 atom stereocenters. The van der Waals surface area contributed by atoms with Crippen molar-refractivity contribution in [1.82, 2.24) is 4.90 Å². The van der Waals surface area contributed by atoms with E-state index in [1.54, 1.807) is 41.7 Å². The van der Waals surface area contributed by atoms with E-state index >= 15 is 0 Å². The first-order valence-corrected chi connectivity index (χ1v) is 14.9. The van der Waals surface area contributed by atoms with E-state index in [4.69, 9.17) is 0 Å². The Morgan fingerprint density at radius 3 is 2.26 bits per heavy atom. The average molecular weight is 434 g/mol. The van der Waals surface area contributed by atoms with Gasteiger partial charge in [-0.3, -0.25) is 4.79 Å². The van der Waals surface area contributed by atoms with Gasteiger partial charge in [0.1, 0.15) is 0 Å². The Balaban J connectivity index is 2.60. The highest BCUT2D eigenvalue weighted by Gasteiger charge is 2.21. The number of carbonyl (C=O) groups is 1. The summed E-state index contributed by atoms with van der Waals surface area (Å²) in [5.41, 5.74) is 0.642. The molecular formula is C21H27NOS3Si. The van der Waals surface area contributed by atoms with Gasteiger partial charge in [0.2, 0.25) is 0 Å². The van der Waals surface area contributed by atoms with Gasteiger partial charge >= 0.3 is 0 Å². The normalized spacial score (nSPS) is 12.7. The van der Waals surface area contributed by atoms with E-state index in [0.717, 1.165) is 19.5 Å². The van der Waals surface area contributed by atoms with Crippen LogP contribution in [0.2, 0.25) is 19.6 Å². The topological polar surface area (TPSA) is 20.3 Å². The van der Waals surface area contributed by atoms with Crippen molar-refractivity contribution in [2.45, 2.75) is 19.6 Å². The number of amides is 1. The van der Waals surface area contributed by atoms with Gasteiger partial charge in [-0.25, -0.2) is 0 Å². The number of carbonyl (C=O) groups excluding carboxylic acids is 1. The molecule has 0 saturated heterocycles. The zero-order chi connectivity index (χ0) is 20.5. The maximum atomic E-state index is 12.7. The highest BCUT2D eigenvalue weighted by molar-refractivity contribution is 8.03. The number of rotatable bonds is 6. The number of hydrogen-bond donors (Lipinski definition) is 0. The summed E-state index contributed by atoms with van der Waals surface area (Å²) < 4.78 is 0.893. The van der Waals surface area contributed by atoms with Gasteiger partial charge in [-0.2, -0.15) is 0 Å². The van der Waals surface area contributed by atoms with Crippen LogP contribution < -0.4 is 9.75 Å². The van der Waals surface area contributed by atoms with Crippen LogP contribution in [0, 0.1) is 0 Å². The molecule has 0 aliphatic carbocycles.